The van der Waals surface area contributed by atoms with E-state index in [1.807, 2.05) is 30.3 Å². The molecule has 0 bridgehead atoms. The number of urea groups is 1. The first-order valence-electron chi connectivity index (χ1n) is 11.7. The monoisotopic (exact) mass is 544 g/mol. The predicted octanol–water partition coefficient (Wildman–Crippen LogP) is 7.63. The zero-order chi connectivity index (χ0) is 27.6. The molecule has 4 aromatic carbocycles. The van der Waals surface area contributed by atoms with Gasteiger partial charge in [-0.3, -0.25) is 15.0 Å². The van der Waals surface area contributed by atoms with E-state index in [0.29, 0.717) is 28.3 Å². The molecule has 3 amide bonds. The third-order valence-corrected chi connectivity index (χ3v) is 6.34. The largest absolute Gasteiger partial charge is 0.457 e. The maximum Gasteiger partial charge on any atom is 0.417 e. The van der Waals surface area contributed by atoms with Crippen molar-refractivity contribution in [3.05, 3.63) is 120 Å². The summed E-state index contributed by atoms with van der Waals surface area (Å²) in [6.07, 6.45) is -3.01. The van der Waals surface area contributed by atoms with Crippen LogP contribution in [0.25, 0.3) is 17.2 Å². The number of halogens is 3. The highest BCUT2D eigenvalue weighted by atomic mass is 32.1. The van der Waals surface area contributed by atoms with Crippen LogP contribution >= 0.6 is 12.2 Å². The average molecular weight is 545 g/mol. The van der Waals surface area contributed by atoms with Gasteiger partial charge in [0, 0.05) is 0 Å². The van der Waals surface area contributed by atoms with Crippen molar-refractivity contribution in [2.45, 2.75) is 6.18 Å². The number of nitrogens with one attached hydrogen (secondary N) is 1. The van der Waals surface area contributed by atoms with E-state index in [4.69, 9.17) is 17.0 Å². The fourth-order valence-corrected chi connectivity index (χ4v) is 4.43. The Bertz CT molecular complexity index is 1580. The summed E-state index contributed by atoms with van der Waals surface area (Å²) in [7, 11) is 0. The van der Waals surface area contributed by atoms with Gasteiger partial charge < -0.3 is 4.74 Å². The Morgan fingerprint density at radius 1 is 0.769 bits per heavy atom. The average Bonchev–Trinajstić information content (AvgIpc) is 2.92. The third-order valence-electron chi connectivity index (χ3n) is 5.94. The van der Waals surface area contributed by atoms with Crippen LogP contribution in [-0.2, 0) is 11.0 Å². The van der Waals surface area contributed by atoms with E-state index in [0.717, 1.165) is 6.07 Å². The van der Waals surface area contributed by atoms with Gasteiger partial charge in [0.2, 0.25) is 0 Å². The van der Waals surface area contributed by atoms with Crippen molar-refractivity contribution in [3.8, 4) is 22.6 Å². The molecule has 0 radical (unpaired) electrons. The van der Waals surface area contributed by atoms with E-state index in [9.17, 15) is 22.8 Å². The molecule has 5 rings (SSSR count). The molecule has 1 saturated heterocycles. The highest BCUT2D eigenvalue weighted by molar-refractivity contribution is 7.81. The summed E-state index contributed by atoms with van der Waals surface area (Å²) in [6.45, 7) is 0. The van der Waals surface area contributed by atoms with E-state index in [1.54, 1.807) is 36.4 Å². The minimum atomic E-state index is -4.49. The van der Waals surface area contributed by atoms with E-state index in [2.05, 4.69) is 5.32 Å². The number of thiocarbonyl (C=S) groups is 1. The molecule has 1 fully saturated rings. The minimum absolute atomic E-state index is 0.00743. The highest BCUT2D eigenvalue weighted by Gasteiger charge is 2.34. The van der Waals surface area contributed by atoms with Gasteiger partial charge in [0.05, 0.1) is 16.8 Å². The molecule has 0 aliphatic carbocycles. The topological polar surface area (TPSA) is 58.6 Å². The number of imide groups is 1. The third kappa shape index (κ3) is 5.58. The zero-order valence-corrected chi connectivity index (χ0v) is 20.9. The molecular formula is C30H19F3N2O3S. The number of rotatable bonds is 5. The molecule has 1 N–H and O–H groups in total. The fourth-order valence-electron chi connectivity index (χ4n) is 4.09. The van der Waals surface area contributed by atoms with E-state index in [-0.39, 0.29) is 16.1 Å². The summed E-state index contributed by atoms with van der Waals surface area (Å²) in [6, 6.07) is 26.7. The Balaban J connectivity index is 1.39. The lowest BCUT2D eigenvalue weighted by molar-refractivity contribution is -0.137. The van der Waals surface area contributed by atoms with Crippen molar-refractivity contribution in [3.63, 3.8) is 0 Å². The molecule has 0 saturated carbocycles. The number of hydrogen-bond donors (Lipinski definition) is 1. The molecule has 0 aromatic heterocycles. The van der Waals surface area contributed by atoms with Gasteiger partial charge in [-0.05, 0) is 65.2 Å². The first kappa shape index (κ1) is 25.9. The lowest BCUT2D eigenvalue weighted by Crippen LogP contribution is -2.53. The summed E-state index contributed by atoms with van der Waals surface area (Å²) in [5.41, 5.74) is 0.699. The van der Waals surface area contributed by atoms with Crippen molar-refractivity contribution in [1.82, 2.24) is 5.32 Å². The summed E-state index contributed by atoms with van der Waals surface area (Å²) >= 11 is 5.50. The van der Waals surface area contributed by atoms with Crippen LogP contribution in [0.4, 0.5) is 23.7 Å². The number of anilines is 1. The lowest BCUT2D eigenvalue weighted by atomic mass is 9.97. The number of hydrogen-bond acceptors (Lipinski definition) is 4. The molecule has 5 nitrogen and oxygen atoms in total. The zero-order valence-electron chi connectivity index (χ0n) is 20.1. The first-order valence-corrected chi connectivity index (χ1v) is 12.1. The Morgan fingerprint density at radius 3 is 2.05 bits per heavy atom. The number of amides is 3. The van der Waals surface area contributed by atoms with E-state index in [1.165, 1.54) is 41.3 Å². The summed E-state index contributed by atoms with van der Waals surface area (Å²) in [5, 5.41) is 2.28. The number of benzene rings is 4. The minimum Gasteiger partial charge on any atom is -0.457 e. The molecule has 0 unspecified atom stereocenters. The smallest absolute Gasteiger partial charge is 0.417 e. The summed E-state index contributed by atoms with van der Waals surface area (Å²) in [4.78, 5) is 26.5. The molecule has 9 heteroatoms. The van der Waals surface area contributed by atoms with Crippen LogP contribution in [-0.4, -0.2) is 16.9 Å². The number of nitrogens with zero attached hydrogens (tertiary/aromatic N) is 1. The fraction of sp³-hybridized carbons (Fsp3) is 0.0333. The van der Waals surface area contributed by atoms with E-state index >= 15 is 0 Å². The molecule has 194 valence electrons. The molecule has 4 aromatic rings. The van der Waals surface area contributed by atoms with Crippen LogP contribution in [0.2, 0.25) is 0 Å². The van der Waals surface area contributed by atoms with Gasteiger partial charge in [0.15, 0.2) is 0 Å². The maximum absolute atomic E-state index is 13.4. The molecular weight excluding hydrogens is 525 g/mol. The molecule has 0 atom stereocenters. The first-order chi connectivity index (χ1) is 18.7. The van der Waals surface area contributed by atoms with Crippen molar-refractivity contribution in [2.75, 3.05) is 4.90 Å². The van der Waals surface area contributed by atoms with Gasteiger partial charge in [-0.25, -0.2) is 4.79 Å². The number of alkyl halides is 3. The Labute approximate surface area is 227 Å². The van der Waals surface area contributed by atoms with Gasteiger partial charge in [-0.15, -0.1) is 0 Å². The Hall–Kier alpha value is -4.76. The van der Waals surface area contributed by atoms with Crippen molar-refractivity contribution < 1.29 is 27.5 Å². The number of carbonyl (C=O) groups is 2. The standard InChI is InChI=1S/C30H19F3N2O3S/c31-30(32,33)26-9-5-4-8-24(26)20-12-10-19(11-13-20)18-25-27(36)34-29(37)35(28(25)39)21-14-16-23(17-15-21)38-22-6-2-1-3-7-22/h1-18H,(H,34,36,37). The van der Waals surface area contributed by atoms with Crippen molar-refractivity contribution >= 4 is 40.9 Å². The van der Waals surface area contributed by atoms with Crippen LogP contribution in [0.5, 0.6) is 11.5 Å². The summed E-state index contributed by atoms with van der Waals surface area (Å²) < 4.78 is 46.1. The molecule has 1 aliphatic rings. The highest BCUT2D eigenvalue weighted by Crippen LogP contribution is 2.37. The molecule has 0 spiro atoms. The SMILES string of the molecule is O=C1NC(=O)N(c2ccc(Oc3ccccc3)cc2)C(=S)C1=Cc1ccc(-c2ccccc2C(F)(F)F)cc1. The van der Waals surface area contributed by atoms with Crippen LogP contribution < -0.4 is 15.0 Å². The number of ether oxygens (including phenoxy) is 1. The second-order valence-corrected chi connectivity index (χ2v) is 8.92. The Kier molecular flexibility index (Phi) is 7.00. The second-order valence-electron chi connectivity index (χ2n) is 8.53. The Morgan fingerprint density at radius 2 is 1.38 bits per heavy atom. The van der Waals surface area contributed by atoms with E-state index < -0.39 is 23.7 Å². The van der Waals surface area contributed by atoms with Gasteiger partial charge >= 0.3 is 12.2 Å². The van der Waals surface area contributed by atoms with Crippen LogP contribution in [0.3, 0.4) is 0 Å². The number of para-hydroxylation sites is 1. The van der Waals surface area contributed by atoms with Crippen LogP contribution in [0.15, 0.2) is 109 Å². The second kappa shape index (κ2) is 10.5. The van der Waals surface area contributed by atoms with Gasteiger partial charge in [0.1, 0.15) is 16.5 Å². The van der Waals surface area contributed by atoms with Crippen LogP contribution in [0, 0.1) is 0 Å². The molecule has 1 aliphatic heterocycles. The quantitative estimate of drug-likeness (QED) is 0.207. The van der Waals surface area contributed by atoms with Crippen LogP contribution in [0.1, 0.15) is 11.1 Å². The number of carbonyl (C=O) groups excluding carboxylic acids is 2. The lowest BCUT2D eigenvalue weighted by Gasteiger charge is -2.29. The van der Waals surface area contributed by atoms with Crippen molar-refractivity contribution in [2.24, 2.45) is 0 Å². The normalized spacial score (nSPS) is 14.9. The van der Waals surface area contributed by atoms with Gasteiger partial charge in [0.25, 0.3) is 5.91 Å². The maximum atomic E-state index is 13.4. The van der Waals surface area contributed by atoms with Gasteiger partial charge in [-0.1, -0.05) is 72.9 Å². The molecule has 39 heavy (non-hydrogen) atoms. The predicted molar refractivity (Wildman–Crippen MR) is 146 cm³/mol. The summed E-state index contributed by atoms with van der Waals surface area (Å²) in [5.74, 6) is 0.532. The van der Waals surface area contributed by atoms with Crippen molar-refractivity contribution in [1.29, 1.82) is 0 Å². The van der Waals surface area contributed by atoms with Gasteiger partial charge in [-0.2, -0.15) is 13.2 Å². The molecule has 1 heterocycles.